The fourth-order valence-electron chi connectivity index (χ4n) is 3.32. The van der Waals surface area contributed by atoms with E-state index in [1.807, 2.05) is 30.3 Å². The number of rotatable bonds is 8. The van der Waals surface area contributed by atoms with Crippen molar-refractivity contribution in [2.45, 2.75) is 6.61 Å². The van der Waals surface area contributed by atoms with E-state index in [-0.39, 0.29) is 0 Å². The minimum Gasteiger partial charge on any atom is -0.493 e. The molecule has 0 N–H and O–H groups in total. The van der Waals surface area contributed by atoms with Gasteiger partial charge in [0.25, 0.3) is 0 Å². The summed E-state index contributed by atoms with van der Waals surface area (Å²) < 4.78 is 17.0. The van der Waals surface area contributed by atoms with Gasteiger partial charge in [-0.25, -0.2) is 0 Å². The molecule has 28 heavy (non-hydrogen) atoms. The summed E-state index contributed by atoms with van der Waals surface area (Å²) >= 11 is 0. The van der Waals surface area contributed by atoms with Crippen LogP contribution in [0.25, 0.3) is 11.0 Å². The minimum atomic E-state index is 0.498. The molecule has 0 unspecified atom stereocenters. The molecule has 0 radical (unpaired) electrons. The van der Waals surface area contributed by atoms with E-state index in [1.165, 1.54) is 0 Å². The Hall–Kier alpha value is -3.24. The molecule has 142 valence electrons. The predicted octanol–water partition coefficient (Wildman–Crippen LogP) is 5.80. The number of ether oxygens (including phenoxy) is 2. The fraction of sp³-hybridized carbons (Fsp3) is 0.167. The van der Waals surface area contributed by atoms with Crippen LogP contribution in [-0.4, -0.2) is 20.3 Å². The second-order valence-electron chi connectivity index (χ2n) is 6.47. The lowest BCUT2D eigenvalue weighted by Gasteiger charge is -2.25. The van der Waals surface area contributed by atoms with Crippen molar-refractivity contribution >= 4 is 22.3 Å². The zero-order valence-electron chi connectivity index (χ0n) is 15.9. The highest BCUT2D eigenvalue weighted by molar-refractivity contribution is 5.86. The molecular weight excluding hydrogens is 350 g/mol. The van der Waals surface area contributed by atoms with Gasteiger partial charge in [-0.2, -0.15) is 0 Å². The highest BCUT2D eigenvalue weighted by Crippen LogP contribution is 2.30. The van der Waals surface area contributed by atoms with E-state index in [0.29, 0.717) is 13.2 Å². The molecule has 3 aromatic carbocycles. The van der Waals surface area contributed by atoms with Gasteiger partial charge in [-0.1, -0.05) is 48.5 Å². The van der Waals surface area contributed by atoms with E-state index in [9.17, 15) is 0 Å². The Labute approximate surface area is 164 Å². The number of methoxy groups -OCH3 is 1. The van der Waals surface area contributed by atoms with Gasteiger partial charge in [-0.3, -0.25) is 0 Å². The highest BCUT2D eigenvalue weighted by Gasteiger charge is 2.12. The average molecular weight is 373 g/mol. The molecule has 0 saturated heterocycles. The van der Waals surface area contributed by atoms with Crippen LogP contribution in [0, 0.1) is 0 Å². The second-order valence-corrected chi connectivity index (χ2v) is 6.47. The number of hydrogen-bond acceptors (Lipinski definition) is 4. The standard InChI is InChI=1S/C24H23NO3/c1-26-23-14-8-13-22-19(18-28-24(22)23)17-27-16-15-25(20-9-4-2-5-10-20)21-11-6-3-7-12-21/h2-14,18H,15-17H2,1H3. The third-order valence-corrected chi connectivity index (χ3v) is 4.72. The third kappa shape index (κ3) is 3.87. The Bertz CT molecular complexity index is 972. The lowest BCUT2D eigenvalue weighted by molar-refractivity contribution is 0.128. The molecule has 1 aromatic heterocycles. The lowest BCUT2D eigenvalue weighted by Crippen LogP contribution is -2.22. The Morgan fingerprint density at radius 3 is 2.14 bits per heavy atom. The molecule has 0 aliphatic rings. The SMILES string of the molecule is COc1cccc2c(COCCN(c3ccccc3)c3ccccc3)coc12. The molecule has 0 amide bonds. The molecule has 4 heteroatoms. The van der Waals surface area contributed by atoms with Gasteiger partial charge in [-0.05, 0) is 30.3 Å². The quantitative estimate of drug-likeness (QED) is 0.366. The first kappa shape index (κ1) is 18.1. The molecule has 0 atom stereocenters. The summed E-state index contributed by atoms with van der Waals surface area (Å²) in [5.41, 5.74) is 4.09. The van der Waals surface area contributed by atoms with Crippen LogP contribution in [-0.2, 0) is 11.3 Å². The summed E-state index contributed by atoms with van der Waals surface area (Å²) in [6, 6.07) is 26.6. The minimum absolute atomic E-state index is 0.498. The second kappa shape index (κ2) is 8.63. The molecule has 4 nitrogen and oxygen atoms in total. The largest absolute Gasteiger partial charge is 0.493 e. The first-order valence-corrected chi connectivity index (χ1v) is 9.35. The maximum atomic E-state index is 5.99. The average Bonchev–Trinajstić information content (AvgIpc) is 3.18. The molecule has 0 aliphatic heterocycles. The van der Waals surface area contributed by atoms with Crippen LogP contribution in [0.3, 0.4) is 0 Å². The number of furan rings is 1. The van der Waals surface area contributed by atoms with E-state index >= 15 is 0 Å². The normalized spacial score (nSPS) is 10.9. The van der Waals surface area contributed by atoms with Gasteiger partial charge in [0, 0.05) is 28.9 Å². The summed E-state index contributed by atoms with van der Waals surface area (Å²) in [4.78, 5) is 2.26. The van der Waals surface area contributed by atoms with Gasteiger partial charge in [0.05, 0.1) is 26.6 Å². The van der Waals surface area contributed by atoms with E-state index in [1.54, 1.807) is 13.4 Å². The lowest BCUT2D eigenvalue weighted by atomic mass is 10.2. The van der Waals surface area contributed by atoms with E-state index in [4.69, 9.17) is 13.9 Å². The maximum absolute atomic E-state index is 5.99. The maximum Gasteiger partial charge on any atom is 0.176 e. The van der Waals surface area contributed by atoms with Gasteiger partial charge in [0.15, 0.2) is 11.3 Å². The number of benzene rings is 3. The Morgan fingerprint density at radius 2 is 1.50 bits per heavy atom. The van der Waals surface area contributed by atoms with Crippen molar-refractivity contribution in [1.29, 1.82) is 0 Å². The molecule has 1 heterocycles. The van der Waals surface area contributed by atoms with E-state index < -0.39 is 0 Å². The summed E-state index contributed by atoms with van der Waals surface area (Å²) in [7, 11) is 1.65. The van der Waals surface area contributed by atoms with Crippen LogP contribution in [0.15, 0.2) is 89.5 Å². The molecule has 0 spiro atoms. The molecule has 4 rings (SSSR count). The molecular formula is C24H23NO3. The summed E-state index contributed by atoms with van der Waals surface area (Å²) in [6.45, 7) is 1.85. The third-order valence-electron chi connectivity index (χ3n) is 4.72. The molecule has 0 aliphatic carbocycles. The van der Waals surface area contributed by atoms with Crippen LogP contribution >= 0.6 is 0 Å². The van der Waals surface area contributed by atoms with Crippen molar-refractivity contribution in [3.8, 4) is 5.75 Å². The zero-order valence-corrected chi connectivity index (χ0v) is 15.9. The molecule has 0 fully saturated rings. The summed E-state index contributed by atoms with van der Waals surface area (Å²) in [6.07, 6.45) is 1.75. The van der Waals surface area contributed by atoms with Crippen LogP contribution in [0.2, 0.25) is 0 Å². The van der Waals surface area contributed by atoms with Crippen molar-refractivity contribution < 1.29 is 13.9 Å². The highest BCUT2D eigenvalue weighted by atomic mass is 16.5. The van der Waals surface area contributed by atoms with Gasteiger partial charge in [-0.15, -0.1) is 0 Å². The fourth-order valence-corrected chi connectivity index (χ4v) is 3.32. The smallest absolute Gasteiger partial charge is 0.176 e. The van der Waals surface area contributed by atoms with Crippen molar-refractivity contribution in [2.24, 2.45) is 0 Å². The van der Waals surface area contributed by atoms with Crippen LogP contribution in [0.5, 0.6) is 5.75 Å². The van der Waals surface area contributed by atoms with Crippen LogP contribution < -0.4 is 9.64 Å². The van der Waals surface area contributed by atoms with Gasteiger partial charge in [0.1, 0.15) is 0 Å². The Morgan fingerprint density at radius 1 is 0.821 bits per heavy atom. The number of nitrogens with zero attached hydrogens (tertiary/aromatic N) is 1. The monoisotopic (exact) mass is 373 g/mol. The number of hydrogen-bond donors (Lipinski definition) is 0. The van der Waals surface area contributed by atoms with E-state index in [2.05, 4.69) is 53.4 Å². The predicted molar refractivity (Wildman–Crippen MR) is 112 cm³/mol. The van der Waals surface area contributed by atoms with Crippen LogP contribution in [0.1, 0.15) is 5.56 Å². The Kier molecular flexibility index (Phi) is 5.59. The summed E-state index contributed by atoms with van der Waals surface area (Å²) in [5.74, 6) is 0.739. The van der Waals surface area contributed by atoms with Crippen molar-refractivity contribution in [2.75, 3.05) is 25.2 Å². The van der Waals surface area contributed by atoms with Gasteiger partial charge < -0.3 is 18.8 Å². The van der Waals surface area contributed by atoms with Crippen LogP contribution in [0.4, 0.5) is 11.4 Å². The first-order valence-electron chi connectivity index (χ1n) is 9.35. The zero-order chi connectivity index (χ0) is 19.2. The van der Waals surface area contributed by atoms with Gasteiger partial charge in [0.2, 0.25) is 0 Å². The number of fused-ring (bicyclic) bond motifs is 1. The summed E-state index contributed by atoms with van der Waals surface area (Å²) in [5, 5.41) is 1.03. The molecule has 0 bridgehead atoms. The Balaban J connectivity index is 1.43. The van der Waals surface area contributed by atoms with E-state index in [0.717, 1.165) is 40.2 Å². The van der Waals surface area contributed by atoms with Gasteiger partial charge >= 0.3 is 0 Å². The topological polar surface area (TPSA) is 34.8 Å². The first-order chi connectivity index (χ1) is 13.9. The molecule has 0 saturated carbocycles. The molecule has 4 aromatic rings. The number of anilines is 2. The number of para-hydroxylation sites is 3. The van der Waals surface area contributed by atoms with Crippen molar-refractivity contribution in [1.82, 2.24) is 0 Å². The van der Waals surface area contributed by atoms with Crippen molar-refractivity contribution in [3.63, 3.8) is 0 Å². The van der Waals surface area contributed by atoms with Crippen molar-refractivity contribution in [3.05, 3.63) is 90.7 Å².